The second-order valence-corrected chi connectivity index (χ2v) is 21.3. The predicted octanol–water partition coefficient (Wildman–Crippen LogP) is -5.21. The first kappa shape index (κ1) is 87.0. The van der Waals surface area contributed by atoms with Crippen LogP contribution in [0.25, 0.3) is 0 Å². The number of carboxylic acids is 3. The van der Waals surface area contributed by atoms with Gasteiger partial charge in [0.15, 0.2) is 0 Å². The second-order valence-electron chi connectivity index (χ2n) is 21.3. The highest BCUT2D eigenvalue weighted by atomic mass is 16.6. The first-order valence-corrected chi connectivity index (χ1v) is 30.6. The van der Waals surface area contributed by atoms with Gasteiger partial charge in [-0.05, 0) is 95.5 Å². The van der Waals surface area contributed by atoms with Gasteiger partial charge in [0, 0.05) is 76.3 Å². The van der Waals surface area contributed by atoms with Crippen molar-refractivity contribution in [2.24, 2.45) is 5.73 Å². The fraction of sp³-hybridized carbons (Fsp3) is 0.396. The van der Waals surface area contributed by atoms with E-state index < -0.39 is 113 Å². The van der Waals surface area contributed by atoms with Crippen molar-refractivity contribution in [3.8, 4) is 0 Å². The number of carbonyl (C=O) groups is 7. The summed E-state index contributed by atoms with van der Waals surface area (Å²) in [5.41, 5.74) is 18.2. The molecular weight excluding hydrogens is 1330 g/mol. The summed E-state index contributed by atoms with van der Waals surface area (Å²) in [6.07, 6.45) is 7.74. The molecule has 0 unspecified atom stereocenters. The minimum atomic E-state index is -1.19. The zero-order valence-electron chi connectivity index (χ0n) is 56.4. The van der Waals surface area contributed by atoms with Crippen LogP contribution in [0.4, 0.5) is 57.5 Å². The number of nitrogen functional groups attached to an aromatic ring is 2. The van der Waals surface area contributed by atoms with Crippen molar-refractivity contribution < 1.29 is 93.4 Å². The first-order chi connectivity index (χ1) is 47.7. The summed E-state index contributed by atoms with van der Waals surface area (Å²) in [4.78, 5) is 111. The summed E-state index contributed by atoms with van der Waals surface area (Å²) in [6, 6.07) is 11.6. The zero-order valence-corrected chi connectivity index (χ0v) is 56.4. The van der Waals surface area contributed by atoms with E-state index in [4.69, 9.17) is 47.6 Å². The van der Waals surface area contributed by atoms with Crippen LogP contribution in [0.15, 0.2) is 91.6 Å². The molecule has 546 valence electrons. The molecule has 6 atom stereocenters. The molecule has 0 aliphatic carbocycles. The maximum Gasteiger partial charge on any atom is 0.374 e. The summed E-state index contributed by atoms with van der Waals surface area (Å²) in [5.74, 6) is -2.79. The molecule has 5 aromatic rings. The molecule has 0 saturated heterocycles. The summed E-state index contributed by atoms with van der Waals surface area (Å²) >= 11 is 0. The third kappa shape index (κ3) is 33.6. The number of hydrogen-bond donors (Lipinski definition) is 24. The number of carbonyl (C=O) groups excluding carboxylic acids is 4. The van der Waals surface area contributed by atoms with Crippen molar-refractivity contribution in [3.05, 3.63) is 102 Å². The number of pyridine rings is 5. The monoisotopic (exact) mass is 1420 g/mol. The third-order valence-electron chi connectivity index (χ3n) is 12.8. The topological polar surface area (TPSA) is 653 Å². The molecule has 0 spiro atoms. The van der Waals surface area contributed by atoms with Gasteiger partial charge in [-0.1, -0.05) is 0 Å². The molecule has 2 aliphatic heterocycles. The zero-order chi connectivity index (χ0) is 75.9. The summed E-state index contributed by atoms with van der Waals surface area (Å²) < 4.78 is 9.26. The number of hydrogen-bond acceptors (Lipinski definition) is 36. The van der Waals surface area contributed by atoms with Crippen molar-refractivity contribution >= 4 is 141 Å². The molecular formula is C53H86B6N22O20. The number of nitro groups is 1. The average molecular weight is 1420 g/mol. The lowest BCUT2D eigenvalue weighted by Crippen LogP contribution is -2.53. The quantitative estimate of drug-likeness (QED) is 0.00921. The van der Waals surface area contributed by atoms with E-state index >= 15 is 0 Å². The van der Waals surface area contributed by atoms with Crippen LogP contribution in [0.5, 0.6) is 0 Å². The number of esters is 2. The Kier molecular flexibility index (Phi) is 39.9. The van der Waals surface area contributed by atoms with Gasteiger partial charge in [-0.15, -0.1) is 0 Å². The molecule has 7 heterocycles. The second kappa shape index (κ2) is 46.3. The van der Waals surface area contributed by atoms with Crippen molar-refractivity contribution in [1.29, 1.82) is 0 Å². The van der Waals surface area contributed by atoms with Crippen LogP contribution >= 0.6 is 0 Å². The number of anilines is 9. The van der Waals surface area contributed by atoms with Crippen molar-refractivity contribution in [3.63, 3.8) is 0 Å². The van der Waals surface area contributed by atoms with Gasteiger partial charge in [-0.25, -0.2) is 24.9 Å². The van der Waals surface area contributed by atoms with Gasteiger partial charge < -0.3 is 135 Å². The van der Waals surface area contributed by atoms with E-state index in [1.807, 2.05) is 0 Å². The largest absolute Gasteiger partial charge is 0.480 e. The third-order valence-corrected chi connectivity index (χ3v) is 12.8. The molecule has 2 amide bonds. The molecule has 0 fully saturated rings. The van der Waals surface area contributed by atoms with Gasteiger partial charge >= 0.3 is 77.8 Å². The van der Waals surface area contributed by atoms with E-state index in [9.17, 15) is 58.7 Å². The lowest BCUT2D eigenvalue weighted by molar-refractivity contribution is -0.384. The van der Waals surface area contributed by atoms with Crippen molar-refractivity contribution in [1.82, 2.24) is 56.3 Å². The van der Waals surface area contributed by atoms with E-state index in [1.54, 1.807) is 80.1 Å². The number of ether oxygens (including phenoxy) is 2. The molecule has 2 aliphatic rings. The summed E-state index contributed by atoms with van der Waals surface area (Å²) in [5, 5.41) is 124. The number of amides is 2. The molecule has 0 radical (unpaired) electrons. The molecule has 42 nitrogen and oxygen atoms in total. The number of aliphatic carboxylic acids is 3. The van der Waals surface area contributed by atoms with Gasteiger partial charge in [0.1, 0.15) is 54.0 Å². The Labute approximate surface area is 582 Å². The van der Waals surface area contributed by atoms with E-state index in [0.29, 0.717) is 52.6 Å². The van der Waals surface area contributed by atoms with Crippen molar-refractivity contribution in [2.45, 2.75) is 77.2 Å². The maximum atomic E-state index is 12.6. The van der Waals surface area contributed by atoms with E-state index in [0.717, 1.165) is 0 Å². The van der Waals surface area contributed by atoms with Gasteiger partial charge in [0.05, 0.1) is 54.0 Å². The molecule has 0 aromatic carbocycles. The minimum Gasteiger partial charge on any atom is -0.480 e. The van der Waals surface area contributed by atoms with Crippen LogP contribution in [-0.2, 0) is 43.0 Å². The fourth-order valence-electron chi connectivity index (χ4n) is 8.31. The Balaban J connectivity index is 0.000000416. The predicted molar refractivity (Wildman–Crippen MR) is 381 cm³/mol. The van der Waals surface area contributed by atoms with Gasteiger partial charge in [-0.3, -0.25) is 48.6 Å². The van der Waals surface area contributed by atoms with Crippen LogP contribution in [0.3, 0.4) is 0 Å². The number of methoxy groups -OCH3 is 2. The lowest BCUT2D eigenvalue weighted by atomic mass is 9.87. The lowest BCUT2D eigenvalue weighted by Gasteiger charge is -2.24. The smallest absolute Gasteiger partial charge is 0.374 e. The summed E-state index contributed by atoms with van der Waals surface area (Å²) in [6.45, 7) is 9.40. The minimum absolute atomic E-state index is 0.0221. The molecule has 48 heteroatoms. The van der Waals surface area contributed by atoms with Crippen molar-refractivity contribution in [2.75, 3.05) is 108 Å². The Morgan fingerprint density at radius 1 is 0.584 bits per heavy atom. The van der Waals surface area contributed by atoms with Crippen LogP contribution in [0, 0.1) is 10.1 Å². The van der Waals surface area contributed by atoms with E-state index in [-0.39, 0.29) is 62.6 Å². The standard InChI is InChI=1S/C12H17BN4O4.C10H17BN4O3.C9H13BN4O5.C9H15BN4O3.C9H13BN4O2.C4H11BN2O3/c1-13(20)16-8-6-15-11-9(4-3-5-14-11)17(12(8)19)7-10(18)21-2;1-11(17)15-8(10(16)18-2)6-14-9-7(12)4-3-5-13-9;1-10(17)13-6(9(15)16)5-12-8-7(14(18)19)3-2-4-11-8;1-10(17)14-7(9(15)16)5-13-8-6(11)3-2-4-12-8;1-10(16)14-7-5-12-8-6(13-9(7)15)3-2-4-11-8;1-5(10)7-3(2-6)4(8)9/h3-5,8,16,20H,6-7H2,1-2H3,(H,14,15);3-5,8,15,17H,6,12H2,1-2H3,(H,13,14);2-4,6,13,17H,5H2,1H3,(H,11,12)(H,15,16);2-4,7,14,17H,5,11H2,1H3,(H,12,13)(H,15,16);2-4,7,14,16H,5H2,1H3,(H,11,12)(H,13,15);3,7,10H,2,6H2,1H3,(H,8,9)/t2*8-;6-;2*7-;3-/m000000/s1. The Bertz CT molecular complexity index is 3410. The molecule has 27 N–H and O–H groups in total. The number of rotatable bonds is 29. The van der Waals surface area contributed by atoms with Crippen LogP contribution < -0.4 is 85.4 Å². The fourth-order valence-corrected chi connectivity index (χ4v) is 8.31. The molecule has 0 bridgehead atoms. The maximum absolute atomic E-state index is 12.6. The van der Waals surface area contributed by atoms with Gasteiger partial charge in [-0.2, -0.15) is 0 Å². The van der Waals surface area contributed by atoms with E-state index in [2.05, 4.69) is 97.7 Å². The number of nitrogens with zero attached hydrogens (tertiary/aromatic N) is 7. The Hall–Kier alpha value is -10.1. The number of nitrogens with one attached hydrogen (secondary N) is 12. The van der Waals surface area contributed by atoms with Crippen LogP contribution in [-0.4, -0.2) is 256 Å². The SMILES string of the molecule is CB(O)N[C@@H](CN)C(=O)O.CB(O)N[C@@H](CNc1ncccc1N)C(=O)O.CB(O)N[C@@H](CNc1ncccc1[N+](=O)[O-])C(=O)O.CB(O)N[C@H]1CNc2ncccc2NC1=O.COC(=O)CN1C(=O)[C@@H](NB(C)O)CNc2ncccc21.COC(=O)[C@H](CNc1ncccc1N)NB(C)O. The molecule has 5 aromatic heterocycles. The molecule has 101 heavy (non-hydrogen) atoms. The van der Waals surface area contributed by atoms with Crippen LogP contribution in [0.2, 0.25) is 40.9 Å². The van der Waals surface area contributed by atoms with Crippen LogP contribution in [0.1, 0.15) is 0 Å². The number of fused-ring (bicyclic) bond motifs is 2. The van der Waals surface area contributed by atoms with Gasteiger partial charge in [0.25, 0.3) is 0 Å². The molecule has 0 saturated carbocycles. The number of carboxylic acid groups (broad SMARTS) is 3. The molecule has 7 rings (SSSR count). The number of aromatic nitrogens is 5. The highest BCUT2D eigenvalue weighted by Crippen LogP contribution is 2.27. The summed E-state index contributed by atoms with van der Waals surface area (Å²) in [7, 11) is -2.61. The normalized spacial score (nSPS) is 14.2. The Morgan fingerprint density at radius 2 is 0.990 bits per heavy atom. The Morgan fingerprint density at radius 3 is 1.44 bits per heavy atom. The first-order valence-electron chi connectivity index (χ1n) is 30.6. The van der Waals surface area contributed by atoms with Gasteiger partial charge in [0.2, 0.25) is 17.6 Å². The highest BCUT2D eigenvalue weighted by molar-refractivity contribution is 6.47. The van der Waals surface area contributed by atoms with E-state index in [1.165, 1.54) is 71.6 Å². The number of nitrogens with two attached hydrogens (primary N) is 3. The average Bonchev–Trinajstić information content (AvgIpc) is 1.72. The highest BCUT2D eigenvalue weighted by Gasteiger charge is 2.34.